The fraction of sp³-hybridized carbons (Fsp3) is 0.588. The largest absolute Gasteiger partial charge is 0.492 e. The van der Waals surface area contributed by atoms with E-state index in [1.54, 1.807) is 0 Å². The molecule has 2 N–H and O–H groups in total. The van der Waals surface area contributed by atoms with Gasteiger partial charge in [-0.1, -0.05) is 6.07 Å². The van der Waals surface area contributed by atoms with Gasteiger partial charge in [0.1, 0.15) is 5.75 Å². The molecule has 6 heteroatoms. The van der Waals surface area contributed by atoms with E-state index < -0.39 is 0 Å². The van der Waals surface area contributed by atoms with Crippen LogP contribution in [0.4, 0.5) is 0 Å². The van der Waals surface area contributed by atoms with Gasteiger partial charge in [-0.25, -0.2) is 0 Å². The predicted molar refractivity (Wildman–Crippen MR) is 97.0 cm³/mol. The molecule has 1 saturated carbocycles. The van der Waals surface area contributed by atoms with Gasteiger partial charge in [0, 0.05) is 19.1 Å². The van der Waals surface area contributed by atoms with Gasteiger partial charge in [-0.15, -0.1) is 12.4 Å². The number of carbonyl (C=O) groups excluding carboxylic acids is 1. The van der Waals surface area contributed by atoms with Gasteiger partial charge in [-0.2, -0.15) is 0 Å². The fourth-order valence-electron chi connectivity index (χ4n) is 3.64. The molecular weight excluding hydrogens is 380 g/mol. The SMILES string of the molecule is Cc1ccc(OCCC(=O)N2CC3CCC(N)C3C2)c(Br)c1.Cl. The van der Waals surface area contributed by atoms with Crippen molar-refractivity contribution >= 4 is 34.2 Å². The van der Waals surface area contributed by atoms with Crippen molar-refractivity contribution in [3.05, 3.63) is 28.2 Å². The van der Waals surface area contributed by atoms with E-state index in [0.29, 0.717) is 24.9 Å². The number of rotatable bonds is 4. The van der Waals surface area contributed by atoms with E-state index in [4.69, 9.17) is 10.5 Å². The van der Waals surface area contributed by atoms with Crippen LogP contribution in [0.1, 0.15) is 24.8 Å². The van der Waals surface area contributed by atoms with Crippen LogP contribution in [0.5, 0.6) is 5.75 Å². The molecule has 4 nitrogen and oxygen atoms in total. The molecule has 0 radical (unpaired) electrons. The van der Waals surface area contributed by atoms with Crippen molar-refractivity contribution in [2.45, 2.75) is 32.2 Å². The molecule has 23 heavy (non-hydrogen) atoms. The molecule has 0 spiro atoms. The summed E-state index contributed by atoms with van der Waals surface area (Å²) in [7, 11) is 0. The summed E-state index contributed by atoms with van der Waals surface area (Å²) in [4.78, 5) is 14.3. The summed E-state index contributed by atoms with van der Waals surface area (Å²) in [5.74, 6) is 2.10. The van der Waals surface area contributed by atoms with E-state index in [1.165, 1.54) is 12.0 Å². The van der Waals surface area contributed by atoms with Crippen molar-refractivity contribution < 1.29 is 9.53 Å². The number of benzene rings is 1. The normalized spacial score (nSPS) is 25.9. The van der Waals surface area contributed by atoms with E-state index in [0.717, 1.165) is 29.7 Å². The highest BCUT2D eigenvalue weighted by molar-refractivity contribution is 9.10. The molecule has 1 aromatic carbocycles. The fourth-order valence-corrected chi connectivity index (χ4v) is 4.25. The Kier molecular flexibility index (Phi) is 6.34. The summed E-state index contributed by atoms with van der Waals surface area (Å²) in [6.45, 7) is 4.16. The number of nitrogens with zero attached hydrogens (tertiary/aromatic N) is 1. The van der Waals surface area contributed by atoms with E-state index in [1.807, 2.05) is 30.0 Å². The summed E-state index contributed by atoms with van der Waals surface area (Å²) in [5, 5.41) is 0. The highest BCUT2D eigenvalue weighted by atomic mass is 79.9. The van der Waals surface area contributed by atoms with Gasteiger partial charge in [0.05, 0.1) is 17.5 Å². The molecule has 1 aromatic rings. The zero-order valence-electron chi connectivity index (χ0n) is 13.3. The number of fused-ring (bicyclic) bond motifs is 1. The Balaban J connectivity index is 0.00000192. The standard InChI is InChI=1S/C17H23BrN2O2.ClH/c1-11-2-5-16(14(18)8-11)22-7-6-17(21)20-9-12-3-4-15(19)13(12)10-20;/h2,5,8,12-13,15H,3-4,6-7,9-10,19H2,1H3;1H. The second-order valence-electron chi connectivity index (χ2n) is 6.50. The molecule has 0 aromatic heterocycles. The molecule has 128 valence electrons. The van der Waals surface area contributed by atoms with Crippen molar-refractivity contribution in [1.29, 1.82) is 0 Å². The number of halogens is 2. The van der Waals surface area contributed by atoms with Gasteiger partial charge in [0.15, 0.2) is 0 Å². The topological polar surface area (TPSA) is 55.6 Å². The number of amides is 1. The maximum atomic E-state index is 12.3. The molecule has 1 aliphatic carbocycles. The monoisotopic (exact) mass is 402 g/mol. The summed E-state index contributed by atoms with van der Waals surface area (Å²) >= 11 is 3.49. The minimum Gasteiger partial charge on any atom is -0.492 e. The highest BCUT2D eigenvalue weighted by Gasteiger charge is 2.42. The third-order valence-electron chi connectivity index (χ3n) is 4.93. The second-order valence-corrected chi connectivity index (χ2v) is 7.35. The van der Waals surface area contributed by atoms with E-state index >= 15 is 0 Å². The third kappa shape index (κ3) is 4.20. The number of hydrogen-bond acceptors (Lipinski definition) is 3. The lowest BCUT2D eigenvalue weighted by atomic mass is 9.98. The summed E-state index contributed by atoms with van der Waals surface area (Å²) in [6.07, 6.45) is 2.71. The first kappa shape index (κ1) is 18.6. The number of nitrogens with two attached hydrogens (primary N) is 1. The molecule has 2 fully saturated rings. The third-order valence-corrected chi connectivity index (χ3v) is 5.55. The lowest BCUT2D eigenvalue weighted by Gasteiger charge is -2.19. The molecule has 3 atom stereocenters. The number of aryl methyl sites for hydroxylation is 1. The van der Waals surface area contributed by atoms with E-state index in [2.05, 4.69) is 15.9 Å². The van der Waals surface area contributed by atoms with Crippen LogP contribution >= 0.6 is 28.3 Å². The molecular formula is C17H24BrClN2O2. The Hall–Kier alpha value is -0.780. The summed E-state index contributed by atoms with van der Waals surface area (Å²) < 4.78 is 6.65. The minimum absolute atomic E-state index is 0. The Morgan fingerprint density at radius 2 is 2.17 bits per heavy atom. The summed E-state index contributed by atoms with van der Waals surface area (Å²) in [5.41, 5.74) is 7.30. The van der Waals surface area contributed by atoms with Gasteiger partial charge in [0.25, 0.3) is 0 Å². The van der Waals surface area contributed by atoms with Crippen LogP contribution in [0.15, 0.2) is 22.7 Å². The molecule has 2 aliphatic rings. The molecule has 1 amide bonds. The first-order valence-electron chi connectivity index (χ1n) is 7.97. The molecule has 3 unspecified atom stereocenters. The quantitative estimate of drug-likeness (QED) is 0.840. The lowest BCUT2D eigenvalue weighted by molar-refractivity contribution is -0.131. The molecule has 0 bridgehead atoms. The average Bonchev–Trinajstić information content (AvgIpc) is 3.04. The molecule has 1 saturated heterocycles. The van der Waals surface area contributed by atoms with Gasteiger partial charge >= 0.3 is 0 Å². The van der Waals surface area contributed by atoms with E-state index in [9.17, 15) is 4.79 Å². The Morgan fingerprint density at radius 1 is 1.39 bits per heavy atom. The van der Waals surface area contributed by atoms with Crippen molar-refractivity contribution in [3.63, 3.8) is 0 Å². The van der Waals surface area contributed by atoms with Gasteiger partial charge in [-0.3, -0.25) is 4.79 Å². The van der Waals surface area contributed by atoms with E-state index in [-0.39, 0.29) is 24.4 Å². The van der Waals surface area contributed by atoms with Crippen LogP contribution in [-0.2, 0) is 4.79 Å². The first-order chi connectivity index (χ1) is 10.5. The van der Waals surface area contributed by atoms with Gasteiger partial charge in [0.2, 0.25) is 5.91 Å². The predicted octanol–water partition coefficient (Wildman–Crippen LogP) is 3.14. The van der Waals surface area contributed by atoms with Crippen LogP contribution in [-0.4, -0.2) is 36.5 Å². The van der Waals surface area contributed by atoms with Crippen LogP contribution in [0.2, 0.25) is 0 Å². The van der Waals surface area contributed by atoms with Crippen molar-refractivity contribution in [3.8, 4) is 5.75 Å². The lowest BCUT2D eigenvalue weighted by Crippen LogP contribution is -2.34. The van der Waals surface area contributed by atoms with Crippen LogP contribution in [0.3, 0.4) is 0 Å². The van der Waals surface area contributed by atoms with Crippen LogP contribution < -0.4 is 10.5 Å². The average molecular weight is 404 g/mol. The number of ether oxygens (including phenoxy) is 1. The van der Waals surface area contributed by atoms with Crippen LogP contribution in [0, 0.1) is 18.8 Å². The zero-order valence-corrected chi connectivity index (χ0v) is 15.7. The maximum absolute atomic E-state index is 12.3. The highest BCUT2D eigenvalue weighted by Crippen LogP contribution is 2.37. The Labute approximate surface area is 152 Å². The second kappa shape index (κ2) is 7.86. The number of hydrogen-bond donors (Lipinski definition) is 1. The van der Waals surface area contributed by atoms with Crippen LogP contribution in [0.25, 0.3) is 0 Å². The van der Waals surface area contributed by atoms with Crippen molar-refractivity contribution in [1.82, 2.24) is 4.90 Å². The maximum Gasteiger partial charge on any atom is 0.226 e. The smallest absolute Gasteiger partial charge is 0.226 e. The minimum atomic E-state index is 0. The van der Waals surface area contributed by atoms with Gasteiger partial charge < -0.3 is 15.4 Å². The molecule has 3 rings (SSSR count). The van der Waals surface area contributed by atoms with Gasteiger partial charge in [-0.05, 0) is 65.2 Å². The van der Waals surface area contributed by atoms with Crippen molar-refractivity contribution in [2.75, 3.05) is 19.7 Å². The molecule has 1 heterocycles. The Morgan fingerprint density at radius 3 is 2.87 bits per heavy atom. The van der Waals surface area contributed by atoms with Crippen molar-refractivity contribution in [2.24, 2.45) is 17.6 Å². The number of likely N-dealkylation sites (tertiary alicyclic amines) is 1. The molecule has 1 aliphatic heterocycles. The number of carbonyl (C=O) groups is 1. The Bertz CT molecular complexity index is 570. The first-order valence-corrected chi connectivity index (χ1v) is 8.76. The zero-order chi connectivity index (χ0) is 15.7. The summed E-state index contributed by atoms with van der Waals surface area (Å²) in [6, 6.07) is 6.23.